The second-order valence-electron chi connectivity index (χ2n) is 4.56. The van der Waals surface area contributed by atoms with E-state index in [1.807, 2.05) is 0 Å². The van der Waals surface area contributed by atoms with Crippen LogP contribution in [0.2, 0.25) is 0 Å². The lowest BCUT2D eigenvalue weighted by Crippen LogP contribution is -2.17. The van der Waals surface area contributed by atoms with Crippen LogP contribution in [0, 0.1) is 6.92 Å². The Balaban J connectivity index is 2.60. The van der Waals surface area contributed by atoms with Gasteiger partial charge in [0.15, 0.2) is 0 Å². The van der Waals surface area contributed by atoms with Gasteiger partial charge in [-0.05, 0) is 44.9 Å². The number of nitrogens with two attached hydrogens (primary N) is 1. The van der Waals surface area contributed by atoms with E-state index in [1.54, 1.807) is 0 Å². The van der Waals surface area contributed by atoms with E-state index in [0.29, 0.717) is 0 Å². The fourth-order valence-electron chi connectivity index (χ4n) is 2.42. The van der Waals surface area contributed by atoms with Gasteiger partial charge in [0.25, 0.3) is 0 Å². The van der Waals surface area contributed by atoms with Crippen molar-refractivity contribution in [2.24, 2.45) is 5.73 Å². The third kappa shape index (κ3) is 1.85. The highest BCUT2D eigenvalue weighted by atomic mass is 15.0. The van der Waals surface area contributed by atoms with Gasteiger partial charge in [-0.3, -0.25) is 0 Å². The van der Waals surface area contributed by atoms with Crippen molar-refractivity contribution in [2.45, 2.75) is 39.8 Å². The molecule has 2 rings (SSSR count). The second kappa shape index (κ2) is 4.30. The quantitative estimate of drug-likeness (QED) is 0.840. The molecule has 0 aliphatic heterocycles. The van der Waals surface area contributed by atoms with Gasteiger partial charge in [-0.2, -0.15) is 0 Å². The van der Waals surface area contributed by atoms with Crippen molar-refractivity contribution < 1.29 is 0 Å². The van der Waals surface area contributed by atoms with E-state index >= 15 is 0 Å². The minimum atomic E-state index is 0.218. The first-order chi connectivity index (χ1) is 7.63. The molecule has 0 amide bonds. The Morgan fingerprint density at radius 2 is 2.12 bits per heavy atom. The maximum atomic E-state index is 5.89. The molecule has 0 bridgehead atoms. The largest absolute Gasteiger partial charge is 0.345 e. The molecule has 16 heavy (non-hydrogen) atoms. The molecule has 0 saturated carbocycles. The summed E-state index contributed by atoms with van der Waals surface area (Å²) in [6, 6.07) is 9.00. The molecule has 0 aliphatic rings. The molecule has 1 aromatic carbocycles. The van der Waals surface area contributed by atoms with Crippen molar-refractivity contribution in [3.05, 3.63) is 35.5 Å². The average Bonchev–Trinajstić information content (AvgIpc) is 2.54. The molecule has 1 unspecified atom stereocenters. The van der Waals surface area contributed by atoms with Crippen LogP contribution < -0.4 is 5.73 Å². The van der Waals surface area contributed by atoms with Crippen molar-refractivity contribution in [3.8, 4) is 0 Å². The normalized spacial score (nSPS) is 13.2. The Labute approximate surface area is 97.1 Å². The topological polar surface area (TPSA) is 30.9 Å². The van der Waals surface area contributed by atoms with Gasteiger partial charge >= 0.3 is 0 Å². The fraction of sp³-hybridized carbons (Fsp3) is 0.429. The number of benzene rings is 1. The summed E-state index contributed by atoms with van der Waals surface area (Å²) < 4.78 is 2.35. The molecule has 0 spiro atoms. The van der Waals surface area contributed by atoms with Crippen LogP contribution in [0.1, 0.15) is 25.1 Å². The minimum Gasteiger partial charge on any atom is -0.345 e. The lowest BCUT2D eigenvalue weighted by Gasteiger charge is -2.08. The Morgan fingerprint density at radius 1 is 1.38 bits per heavy atom. The predicted molar refractivity (Wildman–Crippen MR) is 69.7 cm³/mol. The van der Waals surface area contributed by atoms with Gasteiger partial charge in [0.1, 0.15) is 0 Å². The van der Waals surface area contributed by atoms with E-state index in [1.165, 1.54) is 22.2 Å². The molecule has 1 aromatic heterocycles. The summed E-state index contributed by atoms with van der Waals surface area (Å²) in [4.78, 5) is 0. The zero-order chi connectivity index (χ0) is 11.7. The Kier molecular flexibility index (Phi) is 3.01. The van der Waals surface area contributed by atoms with Crippen molar-refractivity contribution in [2.75, 3.05) is 0 Å². The number of rotatable bonds is 3. The maximum absolute atomic E-state index is 5.89. The number of fused-ring (bicyclic) bond motifs is 1. The summed E-state index contributed by atoms with van der Waals surface area (Å²) in [6.45, 7) is 7.43. The summed E-state index contributed by atoms with van der Waals surface area (Å²) >= 11 is 0. The average molecular weight is 216 g/mol. The van der Waals surface area contributed by atoms with E-state index in [-0.39, 0.29) is 6.04 Å². The van der Waals surface area contributed by atoms with Gasteiger partial charge in [0.2, 0.25) is 0 Å². The first-order valence-electron chi connectivity index (χ1n) is 5.96. The van der Waals surface area contributed by atoms with Gasteiger partial charge in [0, 0.05) is 29.2 Å². The van der Waals surface area contributed by atoms with E-state index in [4.69, 9.17) is 5.73 Å². The third-order valence-corrected chi connectivity index (χ3v) is 3.10. The van der Waals surface area contributed by atoms with Gasteiger partial charge in [-0.25, -0.2) is 0 Å². The fourth-order valence-corrected chi connectivity index (χ4v) is 2.42. The first kappa shape index (κ1) is 11.2. The highest BCUT2D eigenvalue weighted by Gasteiger charge is 2.08. The molecule has 2 N–H and O–H groups in total. The smallest absolute Gasteiger partial charge is 0.0485 e. The number of aromatic nitrogens is 1. The van der Waals surface area contributed by atoms with Gasteiger partial charge in [0.05, 0.1) is 0 Å². The SMILES string of the molecule is CCn1c(C)cc2c(CC(C)N)cccc21. The standard InChI is InChI=1S/C14H20N2/c1-4-16-11(3)9-13-12(8-10(2)15)6-5-7-14(13)16/h5-7,9-10H,4,8,15H2,1-3H3. The number of hydrogen-bond acceptors (Lipinski definition) is 1. The van der Waals surface area contributed by atoms with Crippen LogP contribution in [0.3, 0.4) is 0 Å². The van der Waals surface area contributed by atoms with Crippen LogP contribution in [0.4, 0.5) is 0 Å². The van der Waals surface area contributed by atoms with Crippen LogP contribution in [0.5, 0.6) is 0 Å². The van der Waals surface area contributed by atoms with E-state index < -0.39 is 0 Å². The summed E-state index contributed by atoms with van der Waals surface area (Å²) in [6.07, 6.45) is 0.949. The van der Waals surface area contributed by atoms with Crippen LogP contribution in [0.15, 0.2) is 24.3 Å². The van der Waals surface area contributed by atoms with E-state index in [2.05, 4.69) is 49.6 Å². The van der Waals surface area contributed by atoms with E-state index in [9.17, 15) is 0 Å². The minimum absolute atomic E-state index is 0.218. The van der Waals surface area contributed by atoms with Crippen molar-refractivity contribution in [1.29, 1.82) is 0 Å². The number of hydrogen-bond donors (Lipinski definition) is 1. The lowest BCUT2D eigenvalue weighted by atomic mass is 10.0. The van der Waals surface area contributed by atoms with Gasteiger partial charge < -0.3 is 10.3 Å². The van der Waals surface area contributed by atoms with Crippen molar-refractivity contribution in [3.63, 3.8) is 0 Å². The molecule has 0 fully saturated rings. The second-order valence-corrected chi connectivity index (χ2v) is 4.56. The molecular weight excluding hydrogens is 196 g/mol. The molecule has 0 saturated heterocycles. The highest BCUT2D eigenvalue weighted by molar-refractivity contribution is 5.84. The van der Waals surface area contributed by atoms with Crippen LogP contribution in [-0.2, 0) is 13.0 Å². The molecule has 1 heterocycles. The lowest BCUT2D eigenvalue weighted by molar-refractivity contribution is 0.741. The van der Waals surface area contributed by atoms with Crippen LogP contribution in [0.25, 0.3) is 10.9 Å². The Bertz CT molecular complexity index is 495. The molecule has 1 atom stereocenters. The Hall–Kier alpha value is -1.28. The summed E-state index contributed by atoms with van der Waals surface area (Å²) in [7, 11) is 0. The van der Waals surface area contributed by atoms with Crippen molar-refractivity contribution in [1.82, 2.24) is 4.57 Å². The predicted octanol–water partition coefficient (Wildman–Crippen LogP) is 2.86. The zero-order valence-corrected chi connectivity index (χ0v) is 10.3. The van der Waals surface area contributed by atoms with Crippen LogP contribution >= 0.6 is 0 Å². The molecular formula is C14H20N2. The monoisotopic (exact) mass is 216 g/mol. The molecule has 0 radical (unpaired) electrons. The maximum Gasteiger partial charge on any atom is 0.0485 e. The molecule has 2 heteroatoms. The Morgan fingerprint density at radius 3 is 2.75 bits per heavy atom. The molecule has 2 nitrogen and oxygen atoms in total. The summed E-state index contributed by atoms with van der Waals surface area (Å²) in [5.74, 6) is 0. The van der Waals surface area contributed by atoms with E-state index in [0.717, 1.165) is 13.0 Å². The molecule has 0 aliphatic carbocycles. The first-order valence-corrected chi connectivity index (χ1v) is 5.96. The third-order valence-electron chi connectivity index (χ3n) is 3.10. The number of aryl methyl sites for hydroxylation is 2. The molecule has 2 aromatic rings. The zero-order valence-electron chi connectivity index (χ0n) is 10.3. The summed E-state index contributed by atoms with van der Waals surface area (Å²) in [5, 5.41) is 1.36. The van der Waals surface area contributed by atoms with Crippen LogP contribution in [-0.4, -0.2) is 10.6 Å². The number of nitrogens with zero attached hydrogens (tertiary/aromatic N) is 1. The van der Waals surface area contributed by atoms with Gasteiger partial charge in [-0.1, -0.05) is 12.1 Å². The van der Waals surface area contributed by atoms with Gasteiger partial charge in [-0.15, -0.1) is 0 Å². The summed E-state index contributed by atoms with van der Waals surface area (Å²) in [5.41, 5.74) is 9.91. The molecule has 86 valence electrons. The highest BCUT2D eigenvalue weighted by Crippen LogP contribution is 2.24. The van der Waals surface area contributed by atoms with Crippen molar-refractivity contribution >= 4 is 10.9 Å².